The summed E-state index contributed by atoms with van der Waals surface area (Å²) in [6.07, 6.45) is 3.97. The smallest absolute Gasteiger partial charge is 0.234 e. The van der Waals surface area contributed by atoms with Gasteiger partial charge in [0.05, 0.1) is 30.9 Å². The summed E-state index contributed by atoms with van der Waals surface area (Å²) < 4.78 is 5.85. The number of phenols is 1. The molecule has 244 valence electrons. The first-order valence-electron chi connectivity index (χ1n) is 16.7. The molecule has 1 aliphatic heterocycles. The molecule has 8 rings (SSSR count). The number of ether oxygens (including phenoxy) is 1. The molecule has 0 aromatic heterocycles. The minimum Gasteiger partial charge on any atom is -0.508 e. The normalized spacial score (nSPS) is 27.5. The number of carbonyl (C=O) groups excluding carboxylic acids is 4. The standard InChI is InChI=1S/C42H35NO6/c1-49-34-19-11-18-33(44)37(34)38-28-20-21-29-36(41(48)43(40(29)47)24-25-12-5-2-6-13-25)31(28)22-32-39(46)30(26-14-7-3-8-15-26)23-35(45)42(32,38)27-16-9-4-10-17-27/h2-20,23,29,31-32,36,38,44H,21-22,24H2,1H3/t29-,31+,32-,36-,38+,42-/m0/s1. The highest BCUT2D eigenvalue weighted by atomic mass is 16.5. The minimum atomic E-state index is -1.45. The second-order valence-corrected chi connectivity index (χ2v) is 13.4. The van der Waals surface area contributed by atoms with E-state index in [4.69, 9.17) is 4.74 Å². The molecule has 0 spiro atoms. The molecule has 3 aliphatic carbocycles. The van der Waals surface area contributed by atoms with E-state index in [-0.39, 0.29) is 42.1 Å². The molecule has 2 fully saturated rings. The van der Waals surface area contributed by atoms with Gasteiger partial charge < -0.3 is 9.84 Å². The molecule has 6 atom stereocenters. The van der Waals surface area contributed by atoms with Gasteiger partial charge in [-0.1, -0.05) is 109 Å². The molecule has 7 nitrogen and oxygen atoms in total. The first-order valence-corrected chi connectivity index (χ1v) is 16.7. The molecule has 0 bridgehead atoms. The van der Waals surface area contributed by atoms with Gasteiger partial charge in [-0.15, -0.1) is 0 Å². The summed E-state index contributed by atoms with van der Waals surface area (Å²) in [4.78, 5) is 59.9. The van der Waals surface area contributed by atoms with Crippen molar-refractivity contribution in [3.63, 3.8) is 0 Å². The third-order valence-electron chi connectivity index (χ3n) is 11.2. The van der Waals surface area contributed by atoms with Crippen molar-refractivity contribution in [1.29, 1.82) is 0 Å². The van der Waals surface area contributed by atoms with Crippen LogP contribution in [0.15, 0.2) is 127 Å². The Morgan fingerprint density at radius 1 is 0.796 bits per heavy atom. The number of imide groups is 1. The van der Waals surface area contributed by atoms with Crippen molar-refractivity contribution in [2.45, 2.75) is 30.7 Å². The van der Waals surface area contributed by atoms with Crippen LogP contribution >= 0.6 is 0 Å². The van der Waals surface area contributed by atoms with Gasteiger partial charge in [0.1, 0.15) is 11.5 Å². The maximum absolute atomic E-state index is 15.1. The lowest BCUT2D eigenvalue weighted by Crippen LogP contribution is -2.58. The van der Waals surface area contributed by atoms with Crippen LogP contribution in [-0.4, -0.2) is 40.5 Å². The van der Waals surface area contributed by atoms with Crippen LogP contribution in [0.1, 0.15) is 41.0 Å². The van der Waals surface area contributed by atoms with E-state index < -0.39 is 35.0 Å². The lowest BCUT2D eigenvalue weighted by molar-refractivity contribution is -0.141. The summed E-state index contributed by atoms with van der Waals surface area (Å²) in [5, 5.41) is 11.6. The molecule has 1 N–H and O–H groups in total. The Hall–Kier alpha value is -5.56. The van der Waals surface area contributed by atoms with E-state index >= 15 is 9.59 Å². The zero-order chi connectivity index (χ0) is 33.9. The fourth-order valence-corrected chi connectivity index (χ4v) is 9.18. The van der Waals surface area contributed by atoms with Gasteiger partial charge in [0.2, 0.25) is 11.8 Å². The van der Waals surface area contributed by atoms with E-state index in [2.05, 4.69) is 0 Å². The molecule has 4 aliphatic rings. The van der Waals surface area contributed by atoms with Gasteiger partial charge in [-0.2, -0.15) is 0 Å². The molecule has 0 unspecified atom stereocenters. The summed E-state index contributed by atoms with van der Waals surface area (Å²) in [6.45, 7) is 0.167. The van der Waals surface area contributed by atoms with Crippen molar-refractivity contribution in [3.05, 3.63) is 149 Å². The fourth-order valence-electron chi connectivity index (χ4n) is 9.18. The predicted molar refractivity (Wildman–Crippen MR) is 183 cm³/mol. The zero-order valence-electron chi connectivity index (χ0n) is 27.0. The third kappa shape index (κ3) is 4.55. The molecule has 7 heteroatoms. The number of methoxy groups -OCH3 is 1. The van der Waals surface area contributed by atoms with Crippen molar-refractivity contribution in [3.8, 4) is 11.5 Å². The summed E-state index contributed by atoms with van der Waals surface area (Å²) in [5.74, 6) is -4.21. The number of allylic oxidation sites excluding steroid dienone is 4. The maximum atomic E-state index is 15.1. The van der Waals surface area contributed by atoms with Gasteiger partial charge in [0, 0.05) is 23.0 Å². The number of aromatic hydroxyl groups is 1. The molecule has 1 saturated heterocycles. The van der Waals surface area contributed by atoms with Crippen LogP contribution in [0.3, 0.4) is 0 Å². The van der Waals surface area contributed by atoms with Crippen LogP contribution in [0.5, 0.6) is 11.5 Å². The number of likely N-dealkylation sites (tertiary alicyclic amines) is 1. The SMILES string of the molecule is COc1cccc(O)c1[C@H]1C2=CC[C@@H]3C(=O)N(Cc4ccccc4)C(=O)[C@@H]3[C@@H]2C[C@H]2C(=O)C(c3ccccc3)=CC(=O)[C@@]12c1ccccc1. The van der Waals surface area contributed by atoms with Crippen molar-refractivity contribution >= 4 is 29.0 Å². The van der Waals surface area contributed by atoms with Crippen LogP contribution in [0, 0.1) is 23.7 Å². The molecule has 2 amide bonds. The topological polar surface area (TPSA) is 101 Å². The number of rotatable bonds is 6. The average Bonchev–Trinajstić information content (AvgIpc) is 3.38. The third-order valence-corrected chi connectivity index (χ3v) is 11.2. The number of nitrogens with zero attached hydrogens (tertiary/aromatic N) is 1. The molecular formula is C42H35NO6. The van der Waals surface area contributed by atoms with Crippen LogP contribution in [-0.2, 0) is 31.1 Å². The number of fused-ring (bicyclic) bond motifs is 4. The number of benzene rings is 4. The number of ketones is 2. The molecule has 4 aromatic carbocycles. The largest absolute Gasteiger partial charge is 0.508 e. The molecule has 49 heavy (non-hydrogen) atoms. The zero-order valence-corrected chi connectivity index (χ0v) is 27.0. The number of phenolic OH excluding ortho intramolecular Hbond substituents is 1. The Morgan fingerprint density at radius 2 is 1.47 bits per heavy atom. The van der Waals surface area contributed by atoms with E-state index in [0.717, 1.165) is 11.1 Å². The van der Waals surface area contributed by atoms with Gasteiger partial charge >= 0.3 is 0 Å². The molecule has 1 saturated carbocycles. The quantitative estimate of drug-likeness (QED) is 0.191. The van der Waals surface area contributed by atoms with Crippen LogP contribution in [0.2, 0.25) is 0 Å². The highest BCUT2D eigenvalue weighted by molar-refractivity contribution is 6.31. The van der Waals surface area contributed by atoms with Crippen molar-refractivity contribution < 1.29 is 29.0 Å². The number of carbonyl (C=O) groups is 4. The monoisotopic (exact) mass is 649 g/mol. The Morgan fingerprint density at radius 3 is 2.16 bits per heavy atom. The van der Waals surface area contributed by atoms with Crippen LogP contribution < -0.4 is 4.74 Å². The van der Waals surface area contributed by atoms with E-state index in [0.29, 0.717) is 34.4 Å². The van der Waals surface area contributed by atoms with E-state index in [1.807, 2.05) is 97.1 Å². The summed E-state index contributed by atoms with van der Waals surface area (Å²) in [5.41, 5.74) is 2.19. The Kier molecular flexibility index (Phi) is 7.43. The second-order valence-electron chi connectivity index (χ2n) is 13.4. The molecular weight excluding hydrogens is 614 g/mol. The van der Waals surface area contributed by atoms with E-state index in [1.54, 1.807) is 18.2 Å². The van der Waals surface area contributed by atoms with Crippen molar-refractivity contribution in [1.82, 2.24) is 4.90 Å². The number of amides is 2. The molecule has 0 radical (unpaired) electrons. The van der Waals surface area contributed by atoms with Gasteiger partial charge in [-0.05, 0) is 53.7 Å². The number of Topliss-reactive ketones (excluding diaryl/α,β-unsaturated/α-hetero) is 1. The summed E-state index contributed by atoms with van der Waals surface area (Å²) in [7, 11) is 1.51. The maximum Gasteiger partial charge on any atom is 0.234 e. The summed E-state index contributed by atoms with van der Waals surface area (Å²) in [6, 6.07) is 32.9. The molecule has 1 heterocycles. The van der Waals surface area contributed by atoms with Crippen molar-refractivity contribution in [2.24, 2.45) is 23.7 Å². The highest BCUT2D eigenvalue weighted by Crippen LogP contribution is 2.65. The average molecular weight is 650 g/mol. The Balaban J connectivity index is 1.36. The van der Waals surface area contributed by atoms with Gasteiger partial charge in [-0.25, -0.2) is 0 Å². The number of hydrogen-bond acceptors (Lipinski definition) is 6. The Labute approximate surface area is 284 Å². The lowest BCUT2D eigenvalue weighted by atomic mass is 9.44. The molecule has 4 aromatic rings. The summed E-state index contributed by atoms with van der Waals surface area (Å²) >= 11 is 0. The second kappa shape index (κ2) is 11.8. The first-order chi connectivity index (χ1) is 23.9. The predicted octanol–water partition coefficient (Wildman–Crippen LogP) is 6.43. The van der Waals surface area contributed by atoms with Gasteiger partial charge in [-0.3, -0.25) is 24.1 Å². The van der Waals surface area contributed by atoms with Gasteiger partial charge in [0.25, 0.3) is 0 Å². The lowest BCUT2D eigenvalue weighted by Gasteiger charge is -2.55. The van der Waals surface area contributed by atoms with Crippen LogP contribution in [0.4, 0.5) is 0 Å². The first kappa shape index (κ1) is 30.8. The van der Waals surface area contributed by atoms with E-state index in [1.165, 1.54) is 18.1 Å². The van der Waals surface area contributed by atoms with E-state index in [9.17, 15) is 14.7 Å². The van der Waals surface area contributed by atoms with Crippen molar-refractivity contribution in [2.75, 3.05) is 7.11 Å². The minimum absolute atomic E-state index is 0.0697. The van der Waals surface area contributed by atoms with Crippen LogP contribution in [0.25, 0.3) is 5.57 Å². The number of hydrogen-bond donors (Lipinski definition) is 1. The van der Waals surface area contributed by atoms with Gasteiger partial charge in [0.15, 0.2) is 11.6 Å². The fraction of sp³-hybridized carbons (Fsp3) is 0.238. The Bertz CT molecular complexity index is 2050. The highest BCUT2D eigenvalue weighted by Gasteiger charge is 2.66.